The predicted molar refractivity (Wildman–Crippen MR) is 94.6 cm³/mol. The van der Waals surface area contributed by atoms with Crippen LogP contribution in [0.2, 0.25) is 0 Å². The Morgan fingerprint density at radius 3 is 2.62 bits per heavy atom. The zero-order valence-electron chi connectivity index (χ0n) is 14.7. The third-order valence-corrected chi connectivity index (χ3v) is 4.53. The first kappa shape index (κ1) is 18.7. The summed E-state index contributed by atoms with van der Waals surface area (Å²) in [5, 5.41) is 22.4. The van der Waals surface area contributed by atoms with E-state index in [2.05, 4.69) is 24.1 Å². The molecule has 0 unspecified atom stereocenters. The molecule has 1 aliphatic rings. The maximum absolute atomic E-state index is 12.3. The Hall–Kier alpha value is -1.59. The van der Waals surface area contributed by atoms with Crippen molar-refractivity contribution in [2.24, 2.45) is 5.92 Å². The molecule has 3 N–H and O–H groups in total. The summed E-state index contributed by atoms with van der Waals surface area (Å²) >= 11 is 0. The molecule has 0 spiro atoms. The maximum atomic E-state index is 12.3. The second-order valence-corrected chi connectivity index (χ2v) is 7.24. The fourth-order valence-electron chi connectivity index (χ4n) is 3.19. The van der Waals surface area contributed by atoms with E-state index in [-0.39, 0.29) is 17.8 Å². The molecular formula is C19H30N2O3. The van der Waals surface area contributed by atoms with Gasteiger partial charge >= 0.3 is 0 Å². The van der Waals surface area contributed by atoms with Gasteiger partial charge in [0, 0.05) is 19.1 Å². The SMILES string of the molecule is CC(C)CNC(=O)CN(Cc1cccc(O)c1)C1CCC(O)CC1. The Labute approximate surface area is 144 Å². The van der Waals surface area contributed by atoms with Gasteiger partial charge in [-0.15, -0.1) is 0 Å². The van der Waals surface area contributed by atoms with Crippen LogP contribution in [-0.4, -0.2) is 46.3 Å². The first-order valence-electron chi connectivity index (χ1n) is 8.90. The zero-order chi connectivity index (χ0) is 17.5. The van der Waals surface area contributed by atoms with Crippen LogP contribution in [0.15, 0.2) is 24.3 Å². The minimum Gasteiger partial charge on any atom is -0.508 e. The summed E-state index contributed by atoms with van der Waals surface area (Å²) in [6.45, 7) is 5.82. The van der Waals surface area contributed by atoms with E-state index < -0.39 is 0 Å². The van der Waals surface area contributed by atoms with Crippen LogP contribution >= 0.6 is 0 Å². The van der Waals surface area contributed by atoms with Crippen LogP contribution in [0.1, 0.15) is 45.1 Å². The van der Waals surface area contributed by atoms with E-state index >= 15 is 0 Å². The van der Waals surface area contributed by atoms with Crippen molar-refractivity contribution in [2.75, 3.05) is 13.1 Å². The van der Waals surface area contributed by atoms with E-state index in [1.165, 1.54) is 0 Å². The fraction of sp³-hybridized carbons (Fsp3) is 0.632. The number of aliphatic hydroxyl groups is 1. The van der Waals surface area contributed by atoms with Crippen molar-refractivity contribution in [3.05, 3.63) is 29.8 Å². The van der Waals surface area contributed by atoms with E-state index in [1.54, 1.807) is 12.1 Å². The highest BCUT2D eigenvalue weighted by Crippen LogP contribution is 2.25. The van der Waals surface area contributed by atoms with E-state index in [9.17, 15) is 15.0 Å². The highest BCUT2D eigenvalue weighted by molar-refractivity contribution is 5.78. The molecule has 1 saturated carbocycles. The minimum absolute atomic E-state index is 0.0370. The summed E-state index contributed by atoms with van der Waals surface area (Å²) in [6, 6.07) is 7.49. The first-order valence-corrected chi connectivity index (χ1v) is 8.90. The molecule has 0 saturated heterocycles. The normalized spacial score (nSPS) is 21.2. The number of phenols is 1. The summed E-state index contributed by atoms with van der Waals surface area (Å²) in [6.07, 6.45) is 3.16. The highest BCUT2D eigenvalue weighted by atomic mass is 16.3. The number of benzene rings is 1. The Bertz CT molecular complexity index is 525. The summed E-state index contributed by atoms with van der Waals surface area (Å²) < 4.78 is 0. The second-order valence-electron chi connectivity index (χ2n) is 7.24. The molecule has 24 heavy (non-hydrogen) atoms. The van der Waals surface area contributed by atoms with Gasteiger partial charge in [-0.2, -0.15) is 0 Å². The monoisotopic (exact) mass is 334 g/mol. The average Bonchev–Trinajstić information content (AvgIpc) is 2.53. The van der Waals surface area contributed by atoms with Gasteiger partial charge in [-0.1, -0.05) is 26.0 Å². The quantitative estimate of drug-likeness (QED) is 0.715. The smallest absolute Gasteiger partial charge is 0.234 e. The van der Waals surface area contributed by atoms with E-state index in [0.717, 1.165) is 31.2 Å². The highest BCUT2D eigenvalue weighted by Gasteiger charge is 2.26. The standard InChI is InChI=1S/C19H30N2O3/c1-14(2)11-20-19(24)13-21(16-6-8-17(22)9-7-16)12-15-4-3-5-18(23)10-15/h3-5,10,14,16-17,22-23H,6-9,11-13H2,1-2H3,(H,20,24). The van der Waals surface area contributed by atoms with Crippen molar-refractivity contribution in [2.45, 2.75) is 58.2 Å². The molecule has 5 heteroatoms. The van der Waals surface area contributed by atoms with Gasteiger partial charge in [0.05, 0.1) is 12.6 Å². The summed E-state index contributed by atoms with van der Waals surface area (Å²) in [4.78, 5) is 14.4. The van der Waals surface area contributed by atoms with Crippen LogP contribution in [0, 0.1) is 5.92 Å². The molecule has 0 aliphatic heterocycles. The first-order chi connectivity index (χ1) is 11.4. The molecule has 2 rings (SSSR count). The van der Waals surface area contributed by atoms with E-state index in [1.807, 2.05) is 12.1 Å². The third-order valence-electron chi connectivity index (χ3n) is 4.53. The molecule has 1 fully saturated rings. The molecule has 1 aliphatic carbocycles. The van der Waals surface area contributed by atoms with Crippen molar-refractivity contribution in [1.29, 1.82) is 0 Å². The third kappa shape index (κ3) is 6.13. The number of rotatable bonds is 7. The Kier molecular flexibility index (Phi) is 7.06. The van der Waals surface area contributed by atoms with E-state index in [4.69, 9.17) is 0 Å². The Balaban J connectivity index is 2.01. The van der Waals surface area contributed by atoms with Crippen LogP contribution in [0.3, 0.4) is 0 Å². The van der Waals surface area contributed by atoms with Gasteiger partial charge in [0.1, 0.15) is 5.75 Å². The van der Waals surface area contributed by atoms with Gasteiger partial charge < -0.3 is 15.5 Å². The van der Waals surface area contributed by atoms with E-state index in [0.29, 0.717) is 31.6 Å². The van der Waals surface area contributed by atoms with Gasteiger partial charge in [0.25, 0.3) is 0 Å². The lowest BCUT2D eigenvalue weighted by molar-refractivity contribution is -0.123. The van der Waals surface area contributed by atoms with Crippen LogP contribution < -0.4 is 5.32 Å². The lowest BCUT2D eigenvalue weighted by Gasteiger charge is -2.35. The van der Waals surface area contributed by atoms with Gasteiger partial charge in [-0.3, -0.25) is 9.69 Å². The molecule has 1 aromatic rings. The maximum Gasteiger partial charge on any atom is 0.234 e. The molecular weight excluding hydrogens is 304 g/mol. The fourth-order valence-corrected chi connectivity index (χ4v) is 3.19. The lowest BCUT2D eigenvalue weighted by atomic mass is 9.91. The number of phenolic OH excluding ortho intramolecular Hbond substituents is 1. The number of aliphatic hydroxyl groups excluding tert-OH is 1. The number of nitrogens with one attached hydrogen (secondary N) is 1. The molecule has 5 nitrogen and oxygen atoms in total. The van der Waals surface area contributed by atoms with Crippen molar-refractivity contribution in [1.82, 2.24) is 10.2 Å². The summed E-state index contributed by atoms with van der Waals surface area (Å²) in [5.74, 6) is 0.712. The van der Waals surface area contributed by atoms with Crippen LogP contribution in [-0.2, 0) is 11.3 Å². The number of aromatic hydroxyl groups is 1. The van der Waals surface area contributed by atoms with Crippen LogP contribution in [0.4, 0.5) is 0 Å². The Morgan fingerprint density at radius 1 is 1.29 bits per heavy atom. The largest absolute Gasteiger partial charge is 0.508 e. The summed E-state index contributed by atoms with van der Waals surface area (Å²) in [5.41, 5.74) is 0.998. The van der Waals surface area contributed by atoms with Crippen molar-refractivity contribution < 1.29 is 15.0 Å². The Morgan fingerprint density at radius 2 is 2.00 bits per heavy atom. The minimum atomic E-state index is -0.210. The van der Waals surface area contributed by atoms with Gasteiger partial charge in [0.2, 0.25) is 5.91 Å². The molecule has 1 aromatic carbocycles. The number of carbonyl (C=O) groups excluding carboxylic acids is 1. The van der Waals surface area contributed by atoms with Crippen molar-refractivity contribution in [3.8, 4) is 5.75 Å². The molecule has 0 radical (unpaired) electrons. The molecule has 0 aromatic heterocycles. The molecule has 1 amide bonds. The van der Waals surface area contributed by atoms with Gasteiger partial charge in [0.15, 0.2) is 0 Å². The number of amides is 1. The topological polar surface area (TPSA) is 72.8 Å². The molecule has 0 heterocycles. The van der Waals surface area contributed by atoms with Crippen LogP contribution in [0.25, 0.3) is 0 Å². The number of carbonyl (C=O) groups is 1. The zero-order valence-corrected chi connectivity index (χ0v) is 14.7. The van der Waals surface area contributed by atoms with Crippen molar-refractivity contribution in [3.63, 3.8) is 0 Å². The molecule has 0 atom stereocenters. The second kappa shape index (κ2) is 9.04. The molecule has 134 valence electrons. The molecule has 0 bridgehead atoms. The number of hydrogen-bond donors (Lipinski definition) is 3. The van der Waals surface area contributed by atoms with Crippen LogP contribution in [0.5, 0.6) is 5.75 Å². The van der Waals surface area contributed by atoms with Gasteiger partial charge in [-0.05, 0) is 49.3 Å². The number of nitrogens with zero attached hydrogens (tertiary/aromatic N) is 1. The predicted octanol–water partition coefficient (Wildman–Crippen LogP) is 2.27. The lowest BCUT2D eigenvalue weighted by Crippen LogP contribution is -2.45. The average molecular weight is 334 g/mol. The van der Waals surface area contributed by atoms with Gasteiger partial charge in [-0.25, -0.2) is 0 Å². The van der Waals surface area contributed by atoms with Crippen molar-refractivity contribution >= 4 is 5.91 Å². The number of hydrogen-bond acceptors (Lipinski definition) is 4. The summed E-state index contributed by atoms with van der Waals surface area (Å²) in [7, 11) is 0.